The number of fused-ring (bicyclic) bond motifs is 1. The fraction of sp³-hybridized carbons (Fsp3) is 0.467. The third kappa shape index (κ3) is 2.92. The Hall–Kier alpha value is -1.32. The third-order valence-corrected chi connectivity index (χ3v) is 2.87. The Bertz CT molecular complexity index is 502. The number of aryl methyl sites for hydroxylation is 1. The molecule has 0 aliphatic carbocycles. The van der Waals surface area contributed by atoms with Gasteiger partial charge < -0.3 is 9.25 Å². The second-order valence-electron chi connectivity index (χ2n) is 4.88. The van der Waals surface area contributed by atoms with Gasteiger partial charge in [-0.15, -0.1) is 0 Å². The van der Waals surface area contributed by atoms with Crippen molar-refractivity contribution in [2.24, 2.45) is 5.92 Å². The Kier molecular flexibility index (Phi) is 4.39. The van der Waals surface area contributed by atoms with E-state index in [2.05, 4.69) is 32.3 Å². The molecule has 1 aromatic carbocycles. The first-order valence-corrected chi connectivity index (χ1v) is 6.56. The molecule has 0 spiro atoms. The molecule has 0 aliphatic rings. The van der Waals surface area contributed by atoms with Crippen LogP contribution in [0.25, 0.3) is 11.0 Å². The van der Waals surface area contributed by atoms with Crippen molar-refractivity contribution >= 4 is 11.0 Å². The predicted molar refractivity (Wildman–Crippen MR) is 73.2 cm³/mol. The van der Waals surface area contributed by atoms with Crippen molar-refractivity contribution in [2.45, 2.75) is 33.7 Å². The summed E-state index contributed by atoms with van der Waals surface area (Å²) in [5.41, 5.74) is 5.19. The molecular formula is C15H21NO2. The van der Waals surface area contributed by atoms with Crippen LogP contribution in [0.2, 0.25) is 0 Å². The third-order valence-electron chi connectivity index (χ3n) is 2.87. The van der Waals surface area contributed by atoms with E-state index in [0.717, 1.165) is 24.4 Å². The van der Waals surface area contributed by atoms with Crippen LogP contribution < -0.4 is 5.48 Å². The summed E-state index contributed by atoms with van der Waals surface area (Å²) < 4.78 is 5.83. The van der Waals surface area contributed by atoms with Gasteiger partial charge in [0.1, 0.15) is 11.3 Å². The molecule has 0 saturated heterocycles. The highest BCUT2D eigenvalue weighted by atomic mass is 16.6. The van der Waals surface area contributed by atoms with Gasteiger partial charge in [-0.3, -0.25) is 0 Å². The Labute approximate surface area is 108 Å². The molecule has 2 aromatic rings. The van der Waals surface area contributed by atoms with E-state index in [4.69, 9.17) is 9.25 Å². The predicted octanol–water partition coefficient (Wildman–Crippen LogP) is 3.67. The van der Waals surface area contributed by atoms with Crippen molar-refractivity contribution in [1.82, 2.24) is 5.48 Å². The number of hydroxylamine groups is 1. The summed E-state index contributed by atoms with van der Waals surface area (Å²) in [6.45, 7) is 7.78. The minimum absolute atomic E-state index is 0.532. The Balaban J connectivity index is 2.10. The summed E-state index contributed by atoms with van der Waals surface area (Å²) in [7, 11) is 0. The number of rotatable bonds is 6. The van der Waals surface area contributed by atoms with E-state index in [9.17, 15) is 0 Å². The zero-order valence-corrected chi connectivity index (χ0v) is 11.3. The molecule has 0 unspecified atom stereocenters. The fourth-order valence-corrected chi connectivity index (χ4v) is 1.98. The lowest BCUT2D eigenvalue weighted by Gasteiger charge is -2.08. The summed E-state index contributed by atoms with van der Waals surface area (Å²) >= 11 is 0. The molecule has 0 atom stereocenters. The van der Waals surface area contributed by atoms with E-state index in [-0.39, 0.29) is 0 Å². The molecule has 0 bridgehead atoms. The minimum Gasteiger partial charge on any atom is -0.461 e. The smallest absolute Gasteiger partial charge is 0.134 e. The second-order valence-corrected chi connectivity index (χ2v) is 4.88. The Morgan fingerprint density at radius 1 is 1.28 bits per heavy atom. The van der Waals surface area contributed by atoms with Crippen LogP contribution in [0.5, 0.6) is 0 Å². The zero-order valence-electron chi connectivity index (χ0n) is 11.3. The summed E-state index contributed by atoms with van der Waals surface area (Å²) in [5.74, 6) is 1.57. The summed E-state index contributed by atoms with van der Waals surface area (Å²) in [6.07, 6.45) is 0.899. The van der Waals surface area contributed by atoms with Crippen molar-refractivity contribution in [3.05, 3.63) is 35.6 Å². The molecule has 3 heteroatoms. The topological polar surface area (TPSA) is 34.4 Å². The largest absolute Gasteiger partial charge is 0.461 e. The van der Waals surface area contributed by atoms with E-state index >= 15 is 0 Å². The average Bonchev–Trinajstić information content (AvgIpc) is 2.72. The fourth-order valence-electron chi connectivity index (χ4n) is 1.98. The van der Waals surface area contributed by atoms with Gasteiger partial charge in [0, 0.05) is 17.4 Å². The van der Waals surface area contributed by atoms with E-state index in [0.29, 0.717) is 12.5 Å². The first kappa shape index (κ1) is 13.1. The lowest BCUT2D eigenvalue weighted by Crippen LogP contribution is -2.17. The quantitative estimate of drug-likeness (QED) is 0.624. The van der Waals surface area contributed by atoms with Crippen LogP contribution in [0.3, 0.4) is 0 Å². The van der Waals surface area contributed by atoms with Gasteiger partial charge in [0.25, 0.3) is 0 Å². The van der Waals surface area contributed by atoms with Crippen LogP contribution in [0.1, 0.15) is 32.1 Å². The highest BCUT2D eigenvalue weighted by molar-refractivity contribution is 5.82. The van der Waals surface area contributed by atoms with Gasteiger partial charge in [0.2, 0.25) is 0 Å². The van der Waals surface area contributed by atoms with Gasteiger partial charge in [-0.05, 0) is 12.0 Å². The van der Waals surface area contributed by atoms with Crippen LogP contribution in [-0.2, 0) is 17.8 Å². The molecule has 3 nitrogen and oxygen atoms in total. The van der Waals surface area contributed by atoms with Crippen LogP contribution in [0.15, 0.2) is 28.7 Å². The van der Waals surface area contributed by atoms with Gasteiger partial charge in [0.15, 0.2) is 0 Å². The van der Waals surface area contributed by atoms with E-state index in [1.54, 1.807) is 0 Å². The van der Waals surface area contributed by atoms with E-state index < -0.39 is 0 Å². The maximum atomic E-state index is 5.83. The number of furan rings is 1. The number of para-hydroxylation sites is 1. The maximum absolute atomic E-state index is 5.83. The van der Waals surface area contributed by atoms with Crippen molar-refractivity contribution in [1.29, 1.82) is 0 Å². The number of benzene rings is 1. The van der Waals surface area contributed by atoms with Crippen LogP contribution in [-0.4, -0.2) is 6.61 Å². The van der Waals surface area contributed by atoms with Gasteiger partial charge in [0.05, 0.1) is 13.2 Å². The highest BCUT2D eigenvalue weighted by Gasteiger charge is 2.11. The summed E-state index contributed by atoms with van der Waals surface area (Å²) in [4.78, 5) is 5.43. The molecule has 98 valence electrons. The van der Waals surface area contributed by atoms with Crippen LogP contribution >= 0.6 is 0 Å². The summed E-state index contributed by atoms with van der Waals surface area (Å²) in [5, 5.41) is 1.18. The van der Waals surface area contributed by atoms with Gasteiger partial charge >= 0.3 is 0 Å². The number of hydrogen-bond donors (Lipinski definition) is 1. The average molecular weight is 247 g/mol. The number of hydrogen-bond acceptors (Lipinski definition) is 3. The van der Waals surface area contributed by atoms with Gasteiger partial charge in [-0.25, -0.2) is 0 Å². The second kappa shape index (κ2) is 6.03. The standard InChI is InChI=1S/C15H21NO2/c1-4-14-13(9-16-17-10-11(2)3)12-7-5-6-8-15(12)18-14/h5-8,11,16H,4,9-10H2,1-3H3. The molecule has 0 fully saturated rings. The monoisotopic (exact) mass is 247 g/mol. The normalized spacial score (nSPS) is 11.6. The lowest BCUT2D eigenvalue weighted by atomic mass is 10.1. The van der Waals surface area contributed by atoms with Gasteiger partial charge in [-0.2, -0.15) is 5.48 Å². The SMILES string of the molecule is CCc1oc2ccccc2c1CNOCC(C)C. The van der Waals surface area contributed by atoms with Gasteiger partial charge in [-0.1, -0.05) is 39.0 Å². The molecule has 1 heterocycles. The van der Waals surface area contributed by atoms with Crippen molar-refractivity contribution in [2.75, 3.05) is 6.61 Å². The molecule has 1 aromatic heterocycles. The molecule has 0 aliphatic heterocycles. The molecule has 2 rings (SSSR count). The molecule has 0 amide bonds. The molecule has 0 radical (unpaired) electrons. The highest BCUT2D eigenvalue weighted by Crippen LogP contribution is 2.26. The Morgan fingerprint density at radius 3 is 2.78 bits per heavy atom. The Morgan fingerprint density at radius 2 is 2.06 bits per heavy atom. The van der Waals surface area contributed by atoms with Crippen molar-refractivity contribution < 1.29 is 9.25 Å². The van der Waals surface area contributed by atoms with Crippen LogP contribution in [0.4, 0.5) is 0 Å². The molecule has 18 heavy (non-hydrogen) atoms. The van der Waals surface area contributed by atoms with E-state index in [1.165, 1.54) is 10.9 Å². The van der Waals surface area contributed by atoms with Crippen molar-refractivity contribution in [3.8, 4) is 0 Å². The van der Waals surface area contributed by atoms with Crippen LogP contribution in [0, 0.1) is 5.92 Å². The van der Waals surface area contributed by atoms with E-state index in [1.807, 2.05) is 18.2 Å². The molecular weight excluding hydrogens is 226 g/mol. The summed E-state index contributed by atoms with van der Waals surface area (Å²) in [6, 6.07) is 8.14. The van der Waals surface area contributed by atoms with Crippen molar-refractivity contribution in [3.63, 3.8) is 0 Å². The molecule has 0 saturated carbocycles. The first-order valence-electron chi connectivity index (χ1n) is 6.56. The number of nitrogens with one attached hydrogen (secondary N) is 1. The minimum atomic E-state index is 0.532. The molecule has 1 N–H and O–H groups in total. The zero-order chi connectivity index (χ0) is 13.0. The lowest BCUT2D eigenvalue weighted by molar-refractivity contribution is 0.0196. The first-order chi connectivity index (χ1) is 8.72. The maximum Gasteiger partial charge on any atom is 0.134 e.